The maximum atomic E-state index is 14.3. The molecular weight excluding hydrogens is 801 g/mol. The third-order valence-electron chi connectivity index (χ3n) is 13.0. The number of carbonyl (C=O) groups is 6. The summed E-state index contributed by atoms with van der Waals surface area (Å²) in [6.45, 7) is 20.1. The minimum Gasteiger partial charge on any atom is -0.461 e. The van der Waals surface area contributed by atoms with Gasteiger partial charge < -0.3 is 40.6 Å². The molecule has 0 radical (unpaired) electrons. The van der Waals surface area contributed by atoms with Crippen LogP contribution < -0.4 is 21.3 Å². The number of hydrogen-bond donors (Lipinski definition) is 5. The Bertz CT molecular complexity index is 1730. The molecule has 0 heterocycles. The number of hydrogen-bond acceptors (Lipinski definition) is 11. The van der Waals surface area contributed by atoms with Crippen molar-refractivity contribution in [3.8, 4) is 0 Å². The van der Waals surface area contributed by atoms with E-state index in [1.54, 1.807) is 48.5 Å². The van der Waals surface area contributed by atoms with Gasteiger partial charge in [-0.2, -0.15) is 0 Å². The van der Waals surface area contributed by atoms with Crippen molar-refractivity contribution in [1.82, 2.24) is 21.3 Å². The number of rotatable bonds is 15. The molecule has 8 atom stereocenters. The van der Waals surface area contributed by atoms with Crippen molar-refractivity contribution in [3.63, 3.8) is 0 Å². The van der Waals surface area contributed by atoms with Crippen molar-refractivity contribution >= 4 is 47.5 Å². The monoisotopic (exact) mass is 872 g/mol. The molecule has 0 aromatic heterocycles. The van der Waals surface area contributed by atoms with Gasteiger partial charge in [0.15, 0.2) is 0 Å². The number of carbonyl (C=O) groups excluding carboxylic acids is 6. The van der Waals surface area contributed by atoms with Gasteiger partial charge in [0.25, 0.3) is 0 Å². The second-order valence-corrected chi connectivity index (χ2v) is 21.2. The van der Waals surface area contributed by atoms with Crippen LogP contribution in [0.3, 0.4) is 0 Å². The largest absolute Gasteiger partial charge is 0.461 e. The van der Waals surface area contributed by atoms with Crippen LogP contribution >= 0.6 is 11.8 Å². The van der Waals surface area contributed by atoms with Gasteiger partial charge in [-0.15, -0.1) is 11.8 Å². The van der Waals surface area contributed by atoms with E-state index < -0.39 is 57.8 Å². The van der Waals surface area contributed by atoms with Gasteiger partial charge in [0.1, 0.15) is 23.1 Å². The molecule has 0 aliphatic heterocycles. The second kappa shape index (κ2) is 20.6. The molecular formula is C46H72N4O10S. The van der Waals surface area contributed by atoms with E-state index >= 15 is 0 Å². The number of esters is 1. The Labute approximate surface area is 366 Å². The Balaban J connectivity index is 1.40. The number of aliphatic hydroxyl groups excluding tert-OH is 1. The van der Waals surface area contributed by atoms with Crippen LogP contribution in [-0.2, 0) is 39.8 Å². The van der Waals surface area contributed by atoms with Crippen LogP contribution in [0.25, 0.3) is 0 Å². The summed E-state index contributed by atoms with van der Waals surface area (Å²) in [5.41, 5.74) is -2.73. The molecule has 4 rings (SSSR count). The van der Waals surface area contributed by atoms with E-state index in [2.05, 4.69) is 35.1 Å². The number of fused-ring (bicyclic) bond motifs is 2. The molecule has 61 heavy (non-hydrogen) atoms. The first-order valence-corrected chi connectivity index (χ1v) is 22.9. The predicted octanol–water partition coefficient (Wildman–Crippen LogP) is 6.49. The SMILES string of the molecule is C[C@@H]1CC2C[C@@]3(CCC2=O)C[C@]1(C)[C@H](OC(=O)CSc1ccc(CC(=O)NCCCNC(=O)OC(C)(C)C)cc1)C[C@](C)(C(=O)NCCCNC(=O)OC(C)(C)C)[C@@H](O)[C@@H]3C. The zero-order valence-electron chi connectivity index (χ0n) is 38.1. The first-order chi connectivity index (χ1) is 28.4. The van der Waals surface area contributed by atoms with E-state index in [9.17, 15) is 33.9 Å². The number of thioether (sulfide) groups is 1. The lowest BCUT2D eigenvalue weighted by Gasteiger charge is -2.56. The number of alkyl carbamates (subject to hydrolysis) is 2. The van der Waals surface area contributed by atoms with E-state index in [1.165, 1.54) is 11.8 Å². The van der Waals surface area contributed by atoms with Crippen molar-refractivity contribution in [1.29, 1.82) is 0 Å². The zero-order chi connectivity index (χ0) is 45.4. The molecule has 3 aliphatic carbocycles. The molecule has 1 spiro atoms. The Kier molecular flexibility index (Phi) is 16.8. The van der Waals surface area contributed by atoms with Gasteiger partial charge in [0.2, 0.25) is 11.8 Å². The Hall–Kier alpha value is -3.85. The topological polar surface area (TPSA) is 198 Å². The normalized spacial score (nSPS) is 28.8. The van der Waals surface area contributed by atoms with E-state index in [0.717, 1.165) is 10.5 Å². The quantitative estimate of drug-likeness (QED) is 0.0559. The number of aliphatic hydroxyl groups is 1. The minimum atomic E-state index is -1.33. The van der Waals surface area contributed by atoms with Crippen LogP contribution in [0.15, 0.2) is 29.2 Å². The fraction of sp³-hybridized carbons (Fsp3) is 0.739. The molecule has 15 heteroatoms. The summed E-state index contributed by atoms with van der Waals surface area (Å²) in [5, 5.41) is 23.5. The molecule has 3 saturated carbocycles. The molecule has 5 N–H and O–H groups in total. The number of ether oxygens (including phenoxy) is 3. The van der Waals surface area contributed by atoms with Gasteiger partial charge in [-0.3, -0.25) is 19.2 Å². The van der Waals surface area contributed by atoms with Gasteiger partial charge in [-0.1, -0.05) is 32.9 Å². The molecule has 4 amide bonds. The van der Waals surface area contributed by atoms with Crippen molar-refractivity contribution in [2.24, 2.45) is 34.0 Å². The molecule has 14 nitrogen and oxygen atoms in total. The summed E-state index contributed by atoms with van der Waals surface area (Å²) in [6, 6.07) is 7.41. The van der Waals surface area contributed by atoms with Gasteiger partial charge in [-0.05, 0) is 122 Å². The fourth-order valence-corrected chi connectivity index (χ4v) is 10.1. The van der Waals surface area contributed by atoms with Crippen LogP contribution in [0.2, 0.25) is 0 Å². The number of nitrogens with one attached hydrogen (secondary N) is 4. The van der Waals surface area contributed by atoms with Crippen LogP contribution in [0.5, 0.6) is 0 Å². The first-order valence-electron chi connectivity index (χ1n) is 22.0. The number of Topliss-reactive ketones (excluding diaryl/α,β-unsaturated/α-hetero) is 1. The lowest BCUT2D eigenvalue weighted by molar-refractivity contribution is -0.183. The first kappa shape index (κ1) is 49.8. The average Bonchev–Trinajstić information content (AvgIpc) is 3.25. The van der Waals surface area contributed by atoms with E-state index in [-0.39, 0.29) is 67.0 Å². The highest BCUT2D eigenvalue weighted by Gasteiger charge is 2.62. The number of amides is 4. The lowest BCUT2D eigenvalue weighted by atomic mass is 9.51. The summed E-state index contributed by atoms with van der Waals surface area (Å²) >= 11 is 1.32. The van der Waals surface area contributed by atoms with Gasteiger partial charge in [0.05, 0.1) is 23.7 Å². The summed E-state index contributed by atoms with van der Waals surface area (Å²) in [5.74, 6) is -1.13. The molecule has 3 fully saturated rings. The Morgan fingerprint density at radius 3 is 1.95 bits per heavy atom. The third-order valence-corrected chi connectivity index (χ3v) is 14.0. The van der Waals surface area contributed by atoms with E-state index in [0.29, 0.717) is 58.0 Å². The maximum Gasteiger partial charge on any atom is 0.407 e. The highest BCUT2D eigenvalue weighted by atomic mass is 32.2. The summed E-state index contributed by atoms with van der Waals surface area (Å²) in [4.78, 5) is 78.7. The minimum absolute atomic E-state index is 0.000736. The second-order valence-electron chi connectivity index (χ2n) is 20.2. The van der Waals surface area contributed by atoms with Crippen LogP contribution in [0, 0.1) is 34.0 Å². The smallest absolute Gasteiger partial charge is 0.407 e. The van der Waals surface area contributed by atoms with Crippen LogP contribution in [-0.4, -0.2) is 96.2 Å². The third kappa shape index (κ3) is 13.8. The zero-order valence-corrected chi connectivity index (χ0v) is 38.9. The molecule has 3 bridgehead atoms. The van der Waals surface area contributed by atoms with Crippen LogP contribution in [0.1, 0.15) is 126 Å². The van der Waals surface area contributed by atoms with E-state index in [1.807, 2.05) is 31.2 Å². The number of benzene rings is 1. The van der Waals surface area contributed by atoms with E-state index in [4.69, 9.17) is 14.2 Å². The van der Waals surface area contributed by atoms with Crippen molar-refractivity contribution in [2.45, 2.75) is 155 Å². The van der Waals surface area contributed by atoms with Crippen molar-refractivity contribution < 1.29 is 48.1 Å². The van der Waals surface area contributed by atoms with Crippen LogP contribution in [0.4, 0.5) is 9.59 Å². The number of ketones is 1. The molecule has 1 unspecified atom stereocenters. The van der Waals surface area contributed by atoms with Crippen molar-refractivity contribution in [3.05, 3.63) is 29.8 Å². The standard InChI is InChI=1S/C46H72N4O10S/c1-29-23-32-25-46(18-17-34(32)51)28-45(29,10)35(26-44(9,38(54)30(46)2)39(55)48-20-12-22-50-41(57)60-43(6,7)8)58-37(53)27-61-33-15-13-31(14-16-33)24-36(52)47-19-11-21-49-40(56)59-42(3,4)5/h13-16,29-30,32,35,38,54H,11-12,17-28H2,1-10H3,(H,47,52)(H,48,55)(H,49,56)(H,50,57)/t29-,30+,32?,35-,38+,44+,45+,46+/m1/s1. The molecule has 342 valence electrons. The van der Waals surface area contributed by atoms with Gasteiger partial charge in [0, 0.05) is 55.2 Å². The maximum absolute atomic E-state index is 14.3. The molecule has 1 aromatic carbocycles. The fourth-order valence-electron chi connectivity index (χ4n) is 9.43. The molecule has 3 aliphatic rings. The molecule has 0 saturated heterocycles. The van der Waals surface area contributed by atoms with Gasteiger partial charge in [-0.25, -0.2) is 9.59 Å². The predicted molar refractivity (Wildman–Crippen MR) is 234 cm³/mol. The van der Waals surface area contributed by atoms with Gasteiger partial charge >= 0.3 is 18.2 Å². The summed E-state index contributed by atoms with van der Waals surface area (Å²) < 4.78 is 17.0. The lowest BCUT2D eigenvalue weighted by Crippen LogP contribution is -2.60. The Morgan fingerprint density at radius 2 is 1.38 bits per heavy atom. The summed E-state index contributed by atoms with van der Waals surface area (Å²) in [6.07, 6.45) is 1.45. The summed E-state index contributed by atoms with van der Waals surface area (Å²) in [7, 11) is 0. The molecule has 1 aromatic rings. The highest BCUT2D eigenvalue weighted by molar-refractivity contribution is 8.00. The average molecular weight is 873 g/mol. The Morgan fingerprint density at radius 1 is 0.820 bits per heavy atom. The van der Waals surface area contributed by atoms with Crippen molar-refractivity contribution in [2.75, 3.05) is 31.9 Å². The highest BCUT2D eigenvalue weighted by Crippen LogP contribution is 2.63.